The molecule has 0 amide bonds. The zero-order chi connectivity index (χ0) is 19.0. The van der Waals surface area contributed by atoms with E-state index in [1.807, 2.05) is 19.9 Å². The van der Waals surface area contributed by atoms with E-state index < -0.39 is 8.32 Å². The zero-order valence-electron chi connectivity index (χ0n) is 16.7. The highest BCUT2D eigenvalue weighted by Gasteiger charge is 2.47. The number of rotatable bonds is 7. The van der Waals surface area contributed by atoms with Crippen LogP contribution in [-0.4, -0.2) is 24.8 Å². The van der Waals surface area contributed by atoms with Crippen LogP contribution in [0, 0.1) is 15.5 Å². The molecule has 5 nitrogen and oxygen atoms in total. The Bertz CT molecular complexity index is 647. The highest BCUT2D eigenvalue weighted by Crippen LogP contribution is 2.51. The van der Waals surface area contributed by atoms with Gasteiger partial charge in [0.25, 0.3) is 5.69 Å². The Kier molecular flexibility index (Phi) is 5.45. The minimum atomic E-state index is -1.80. The van der Waals surface area contributed by atoms with E-state index in [1.165, 1.54) is 0 Å². The van der Waals surface area contributed by atoms with Crippen LogP contribution in [0.3, 0.4) is 0 Å². The number of hydrogen-bond acceptors (Lipinski definition) is 4. The van der Waals surface area contributed by atoms with Crippen molar-refractivity contribution in [1.29, 1.82) is 0 Å². The van der Waals surface area contributed by atoms with Crippen LogP contribution in [0.4, 0.5) is 5.69 Å². The quantitative estimate of drug-likeness (QED) is 0.366. The van der Waals surface area contributed by atoms with Gasteiger partial charge in [-0.2, -0.15) is 0 Å². The Hall–Kier alpha value is -1.27. The van der Waals surface area contributed by atoms with Crippen LogP contribution in [0.15, 0.2) is 12.3 Å². The van der Waals surface area contributed by atoms with Crippen molar-refractivity contribution in [3.63, 3.8) is 0 Å². The summed E-state index contributed by atoms with van der Waals surface area (Å²) in [4.78, 5) is 15.6. The number of hydrogen-bond donors (Lipinski definition) is 0. The average Bonchev–Trinajstić information content (AvgIpc) is 3.23. The third kappa shape index (κ3) is 4.47. The molecule has 1 heterocycles. The molecule has 0 aliphatic heterocycles. The maximum atomic E-state index is 11.6. The summed E-state index contributed by atoms with van der Waals surface area (Å²) in [6.45, 7) is 15.8. The van der Waals surface area contributed by atoms with Gasteiger partial charge in [0.15, 0.2) is 8.32 Å². The highest BCUT2D eigenvalue weighted by atomic mass is 28.4. The average molecular weight is 365 g/mol. The van der Waals surface area contributed by atoms with Gasteiger partial charge in [-0.25, -0.2) is 0 Å². The van der Waals surface area contributed by atoms with Crippen molar-refractivity contribution >= 4 is 14.0 Å². The fourth-order valence-electron chi connectivity index (χ4n) is 2.79. The Balaban J connectivity index is 2.20. The summed E-state index contributed by atoms with van der Waals surface area (Å²) < 4.78 is 6.42. The van der Waals surface area contributed by atoms with Gasteiger partial charge in [0, 0.05) is 24.3 Å². The third-order valence-electron chi connectivity index (χ3n) is 5.83. The van der Waals surface area contributed by atoms with Gasteiger partial charge >= 0.3 is 0 Å². The molecule has 140 valence electrons. The molecule has 0 unspecified atom stereocenters. The summed E-state index contributed by atoms with van der Waals surface area (Å²) >= 11 is 0. The molecule has 2 rings (SSSR count). The normalized spacial score (nSPS) is 17.0. The van der Waals surface area contributed by atoms with Crippen LogP contribution >= 0.6 is 0 Å². The van der Waals surface area contributed by atoms with Crippen molar-refractivity contribution in [2.75, 3.05) is 6.61 Å². The molecule has 1 aromatic heterocycles. The van der Waals surface area contributed by atoms with Crippen molar-refractivity contribution in [3.8, 4) is 0 Å². The van der Waals surface area contributed by atoms with Crippen molar-refractivity contribution < 1.29 is 9.35 Å². The summed E-state index contributed by atoms with van der Waals surface area (Å²) in [5.41, 5.74) is 1.66. The standard InChI is InChI=1S/C19H32N2O3Si/c1-14(2)16-17(21(22)23)15(8-11-20-16)12-19(9-10-19)13-24-25(6,7)18(3,4)5/h8,11,14H,9-10,12-13H2,1-7H3. The second-order valence-electron chi connectivity index (χ2n) is 9.34. The van der Waals surface area contributed by atoms with Gasteiger partial charge in [0.2, 0.25) is 0 Å². The van der Waals surface area contributed by atoms with E-state index in [0.717, 1.165) is 18.4 Å². The van der Waals surface area contributed by atoms with Crippen LogP contribution < -0.4 is 0 Å². The van der Waals surface area contributed by atoms with E-state index in [0.29, 0.717) is 18.7 Å². The monoisotopic (exact) mass is 364 g/mol. The topological polar surface area (TPSA) is 65.3 Å². The number of pyridine rings is 1. The predicted octanol–water partition coefficient (Wildman–Crippen LogP) is 5.46. The largest absolute Gasteiger partial charge is 0.416 e. The molecule has 0 aromatic carbocycles. The lowest BCUT2D eigenvalue weighted by Gasteiger charge is -2.37. The first-order chi connectivity index (χ1) is 11.4. The summed E-state index contributed by atoms with van der Waals surface area (Å²) in [7, 11) is -1.80. The second-order valence-corrected chi connectivity index (χ2v) is 14.2. The van der Waals surface area contributed by atoms with Crippen LogP contribution in [0.1, 0.15) is 64.6 Å². The fraction of sp³-hybridized carbons (Fsp3) is 0.737. The van der Waals surface area contributed by atoms with Gasteiger partial charge in [-0.3, -0.25) is 15.1 Å². The summed E-state index contributed by atoms with van der Waals surface area (Å²) in [6, 6.07) is 1.82. The minimum absolute atomic E-state index is 0.0407. The lowest BCUT2D eigenvalue weighted by atomic mass is 9.94. The minimum Gasteiger partial charge on any atom is -0.416 e. The maximum absolute atomic E-state index is 11.6. The van der Waals surface area contributed by atoms with Gasteiger partial charge in [-0.15, -0.1) is 0 Å². The van der Waals surface area contributed by atoms with E-state index in [2.05, 4.69) is 38.8 Å². The molecule has 0 N–H and O–H groups in total. The lowest BCUT2D eigenvalue weighted by Crippen LogP contribution is -2.42. The molecule has 6 heteroatoms. The van der Waals surface area contributed by atoms with Gasteiger partial charge < -0.3 is 4.43 Å². The zero-order valence-corrected chi connectivity index (χ0v) is 17.7. The molecule has 0 spiro atoms. The Labute approximate surface area is 152 Å². The predicted molar refractivity (Wildman–Crippen MR) is 104 cm³/mol. The number of nitro groups is 1. The van der Waals surface area contributed by atoms with Crippen LogP contribution in [0.5, 0.6) is 0 Å². The molecule has 1 fully saturated rings. The van der Waals surface area contributed by atoms with Crippen molar-refractivity contribution in [1.82, 2.24) is 4.98 Å². The Morgan fingerprint density at radius 2 is 1.96 bits per heavy atom. The molecule has 0 radical (unpaired) electrons. The van der Waals surface area contributed by atoms with Crippen molar-refractivity contribution in [2.24, 2.45) is 5.41 Å². The first kappa shape index (κ1) is 20.0. The van der Waals surface area contributed by atoms with Crippen LogP contribution in [0.25, 0.3) is 0 Å². The van der Waals surface area contributed by atoms with Crippen molar-refractivity contribution in [2.45, 2.75) is 77.9 Å². The lowest BCUT2D eigenvalue weighted by molar-refractivity contribution is -0.386. The van der Waals surface area contributed by atoms with Gasteiger partial charge in [0.05, 0.1) is 4.92 Å². The second kappa shape index (κ2) is 6.80. The molecule has 1 aromatic rings. The molecular weight excluding hydrogens is 332 g/mol. The summed E-state index contributed by atoms with van der Waals surface area (Å²) in [5.74, 6) is 0.0407. The molecule has 25 heavy (non-hydrogen) atoms. The van der Waals surface area contributed by atoms with Crippen LogP contribution in [0.2, 0.25) is 18.1 Å². The molecular formula is C19H32N2O3Si. The Morgan fingerprint density at radius 3 is 2.40 bits per heavy atom. The molecule has 0 bridgehead atoms. The first-order valence-electron chi connectivity index (χ1n) is 9.15. The smallest absolute Gasteiger partial charge is 0.294 e. The fourth-order valence-corrected chi connectivity index (χ4v) is 3.89. The van der Waals surface area contributed by atoms with Crippen LogP contribution in [-0.2, 0) is 10.8 Å². The van der Waals surface area contributed by atoms with E-state index in [-0.39, 0.29) is 27.0 Å². The Morgan fingerprint density at radius 1 is 1.36 bits per heavy atom. The van der Waals surface area contributed by atoms with E-state index in [9.17, 15) is 10.1 Å². The van der Waals surface area contributed by atoms with Gasteiger partial charge in [0.1, 0.15) is 5.69 Å². The number of aromatic nitrogens is 1. The third-order valence-corrected chi connectivity index (χ3v) is 10.3. The van der Waals surface area contributed by atoms with Crippen molar-refractivity contribution in [3.05, 3.63) is 33.6 Å². The van der Waals surface area contributed by atoms with E-state index in [1.54, 1.807) is 6.20 Å². The molecule has 1 aliphatic rings. The van der Waals surface area contributed by atoms with E-state index in [4.69, 9.17) is 4.43 Å². The van der Waals surface area contributed by atoms with Gasteiger partial charge in [-0.1, -0.05) is 34.6 Å². The maximum Gasteiger partial charge on any atom is 0.294 e. The summed E-state index contributed by atoms with van der Waals surface area (Å²) in [5, 5.41) is 11.8. The molecule has 0 atom stereocenters. The number of nitrogens with zero attached hydrogens (tertiary/aromatic N) is 2. The van der Waals surface area contributed by atoms with Gasteiger partial charge in [-0.05, 0) is 48.9 Å². The van der Waals surface area contributed by atoms with E-state index >= 15 is 0 Å². The molecule has 1 saturated carbocycles. The SMILES string of the molecule is CC(C)c1nccc(CC2(CO[Si](C)(C)C(C)(C)C)CC2)c1[N+](=O)[O-]. The molecule has 0 saturated heterocycles. The molecule has 1 aliphatic carbocycles. The highest BCUT2D eigenvalue weighted by molar-refractivity contribution is 6.74. The first-order valence-corrected chi connectivity index (χ1v) is 12.1. The summed E-state index contributed by atoms with van der Waals surface area (Å²) in [6.07, 6.45) is 4.58.